The SMILES string of the molecule is COc1cc(C(C)n2ccnc2)cc(Br)c1O. The van der Waals surface area contributed by atoms with E-state index in [2.05, 4.69) is 27.8 Å². The van der Waals surface area contributed by atoms with Gasteiger partial charge >= 0.3 is 0 Å². The molecule has 1 aromatic heterocycles. The Labute approximate surface area is 108 Å². The van der Waals surface area contributed by atoms with E-state index in [0.29, 0.717) is 10.2 Å². The van der Waals surface area contributed by atoms with Crippen LogP contribution in [0.1, 0.15) is 18.5 Å². The van der Waals surface area contributed by atoms with Gasteiger partial charge in [-0.25, -0.2) is 4.98 Å². The number of aromatic nitrogens is 2. The summed E-state index contributed by atoms with van der Waals surface area (Å²) in [5.41, 5.74) is 1.03. The van der Waals surface area contributed by atoms with Crippen molar-refractivity contribution in [3.63, 3.8) is 0 Å². The molecule has 1 N–H and O–H groups in total. The minimum atomic E-state index is 0.120. The molecule has 0 aliphatic heterocycles. The number of halogens is 1. The van der Waals surface area contributed by atoms with Gasteiger partial charge in [-0.05, 0) is 40.5 Å². The van der Waals surface area contributed by atoms with E-state index in [1.807, 2.05) is 22.9 Å². The van der Waals surface area contributed by atoms with E-state index in [9.17, 15) is 5.11 Å². The Balaban J connectivity index is 2.43. The van der Waals surface area contributed by atoms with E-state index < -0.39 is 0 Å². The molecule has 1 unspecified atom stereocenters. The molecule has 0 amide bonds. The van der Waals surface area contributed by atoms with E-state index in [-0.39, 0.29) is 11.8 Å². The van der Waals surface area contributed by atoms with Crippen LogP contribution in [-0.4, -0.2) is 21.8 Å². The fourth-order valence-corrected chi connectivity index (χ4v) is 2.12. The molecule has 90 valence electrons. The summed E-state index contributed by atoms with van der Waals surface area (Å²) in [6.07, 6.45) is 5.40. The number of phenolic OH excluding ortho intramolecular Hbond substituents is 1. The zero-order valence-corrected chi connectivity index (χ0v) is 11.2. The van der Waals surface area contributed by atoms with Crippen molar-refractivity contribution in [1.29, 1.82) is 0 Å². The largest absolute Gasteiger partial charge is 0.503 e. The van der Waals surface area contributed by atoms with Gasteiger partial charge in [0, 0.05) is 12.4 Å². The number of benzene rings is 1. The maximum absolute atomic E-state index is 9.74. The highest BCUT2D eigenvalue weighted by Gasteiger charge is 2.13. The first-order chi connectivity index (χ1) is 8.13. The van der Waals surface area contributed by atoms with Gasteiger partial charge < -0.3 is 14.4 Å². The van der Waals surface area contributed by atoms with E-state index in [1.165, 1.54) is 7.11 Å². The number of rotatable bonds is 3. The second kappa shape index (κ2) is 4.79. The Bertz CT molecular complexity index is 511. The van der Waals surface area contributed by atoms with E-state index in [0.717, 1.165) is 5.56 Å². The van der Waals surface area contributed by atoms with Crippen LogP contribution in [0, 0.1) is 0 Å². The number of phenols is 1. The first-order valence-electron chi connectivity index (χ1n) is 5.17. The predicted octanol–water partition coefficient (Wildman–Crippen LogP) is 2.97. The number of hydrogen-bond acceptors (Lipinski definition) is 3. The number of nitrogens with zero attached hydrogens (tertiary/aromatic N) is 2. The lowest BCUT2D eigenvalue weighted by Crippen LogP contribution is -2.04. The predicted molar refractivity (Wildman–Crippen MR) is 68.4 cm³/mol. The highest BCUT2D eigenvalue weighted by molar-refractivity contribution is 9.10. The quantitative estimate of drug-likeness (QED) is 0.947. The zero-order chi connectivity index (χ0) is 12.4. The average Bonchev–Trinajstić information content (AvgIpc) is 2.85. The summed E-state index contributed by atoms with van der Waals surface area (Å²) in [7, 11) is 1.53. The number of imidazole rings is 1. The Morgan fingerprint density at radius 3 is 2.82 bits per heavy atom. The summed E-state index contributed by atoms with van der Waals surface area (Å²) in [5, 5.41) is 9.74. The van der Waals surface area contributed by atoms with Crippen molar-refractivity contribution >= 4 is 15.9 Å². The van der Waals surface area contributed by atoms with Gasteiger partial charge in [0.25, 0.3) is 0 Å². The summed E-state index contributed by atoms with van der Waals surface area (Å²) >= 11 is 3.31. The van der Waals surface area contributed by atoms with Gasteiger partial charge in [0.2, 0.25) is 0 Å². The molecule has 5 heteroatoms. The Kier molecular flexibility index (Phi) is 3.38. The average molecular weight is 297 g/mol. The minimum absolute atomic E-state index is 0.120. The van der Waals surface area contributed by atoms with Crippen LogP contribution in [0.3, 0.4) is 0 Å². The summed E-state index contributed by atoms with van der Waals surface area (Å²) < 4.78 is 7.74. The monoisotopic (exact) mass is 296 g/mol. The number of methoxy groups -OCH3 is 1. The van der Waals surface area contributed by atoms with Gasteiger partial charge in [-0.3, -0.25) is 0 Å². The van der Waals surface area contributed by atoms with Crippen molar-refractivity contribution in [3.05, 3.63) is 40.9 Å². The first kappa shape index (κ1) is 12.0. The summed E-state index contributed by atoms with van der Waals surface area (Å²) in [5.74, 6) is 0.579. The molecule has 0 saturated heterocycles. The molecule has 1 atom stereocenters. The molecule has 0 bridgehead atoms. The van der Waals surface area contributed by atoms with Gasteiger partial charge in [-0.2, -0.15) is 0 Å². The molecule has 0 aliphatic carbocycles. The maximum atomic E-state index is 9.74. The van der Waals surface area contributed by atoms with Gasteiger partial charge in [0.1, 0.15) is 0 Å². The number of aromatic hydroxyl groups is 1. The standard InChI is InChI=1S/C12H13BrN2O2/c1-8(15-4-3-14-7-15)9-5-10(13)12(16)11(6-9)17-2/h3-8,16H,1-2H3. The molecular formula is C12H13BrN2O2. The number of ether oxygens (including phenoxy) is 1. The Hall–Kier alpha value is -1.49. The molecular weight excluding hydrogens is 284 g/mol. The van der Waals surface area contributed by atoms with Crippen LogP contribution >= 0.6 is 15.9 Å². The second-order valence-corrected chi connectivity index (χ2v) is 4.59. The smallest absolute Gasteiger partial charge is 0.172 e. The summed E-state index contributed by atoms with van der Waals surface area (Å²) in [6, 6.07) is 3.83. The number of hydrogen-bond donors (Lipinski definition) is 1. The highest BCUT2D eigenvalue weighted by Crippen LogP contribution is 2.37. The van der Waals surface area contributed by atoms with Crippen molar-refractivity contribution in [2.45, 2.75) is 13.0 Å². The van der Waals surface area contributed by atoms with E-state index in [4.69, 9.17) is 4.74 Å². The molecule has 2 aromatic rings. The molecule has 4 nitrogen and oxygen atoms in total. The van der Waals surface area contributed by atoms with Crippen molar-refractivity contribution in [2.24, 2.45) is 0 Å². The third-order valence-corrected chi connectivity index (χ3v) is 3.33. The first-order valence-corrected chi connectivity index (χ1v) is 5.96. The third-order valence-electron chi connectivity index (χ3n) is 2.73. The van der Waals surface area contributed by atoms with Crippen molar-refractivity contribution in [2.75, 3.05) is 7.11 Å². The van der Waals surface area contributed by atoms with Crippen LogP contribution in [-0.2, 0) is 0 Å². The lowest BCUT2D eigenvalue weighted by molar-refractivity contribution is 0.370. The van der Waals surface area contributed by atoms with Crippen molar-refractivity contribution in [3.8, 4) is 11.5 Å². The molecule has 1 aromatic carbocycles. The molecule has 0 spiro atoms. The van der Waals surface area contributed by atoms with Crippen LogP contribution in [0.4, 0.5) is 0 Å². The van der Waals surface area contributed by atoms with Gasteiger partial charge in [-0.1, -0.05) is 0 Å². The van der Waals surface area contributed by atoms with Crippen molar-refractivity contribution < 1.29 is 9.84 Å². The Morgan fingerprint density at radius 1 is 1.47 bits per heavy atom. The molecule has 2 rings (SSSR count). The molecule has 0 fully saturated rings. The fourth-order valence-electron chi connectivity index (χ4n) is 1.66. The molecule has 1 heterocycles. The molecule has 17 heavy (non-hydrogen) atoms. The van der Waals surface area contributed by atoms with Gasteiger partial charge in [0.05, 0.1) is 24.0 Å². The van der Waals surface area contributed by atoms with Crippen LogP contribution in [0.5, 0.6) is 11.5 Å². The maximum Gasteiger partial charge on any atom is 0.172 e. The lowest BCUT2D eigenvalue weighted by atomic mass is 10.1. The van der Waals surface area contributed by atoms with Crippen molar-refractivity contribution in [1.82, 2.24) is 9.55 Å². The highest BCUT2D eigenvalue weighted by atomic mass is 79.9. The fraction of sp³-hybridized carbons (Fsp3) is 0.250. The molecule has 0 saturated carbocycles. The van der Waals surface area contributed by atoms with E-state index in [1.54, 1.807) is 12.5 Å². The van der Waals surface area contributed by atoms with Crippen LogP contribution < -0.4 is 4.74 Å². The Morgan fingerprint density at radius 2 is 2.24 bits per heavy atom. The molecule has 0 radical (unpaired) electrons. The summed E-state index contributed by atoms with van der Waals surface area (Å²) in [6.45, 7) is 2.06. The second-order valence-electron chi connectivity index (χ2n) is 3.74. The molecule has 0 aliphatic rings. The van der Waals surface area contributed by atoms with Crippen LogP contribution in [0.25, 0.3) is 0 Å². The summed E-state index contributed by atoms with van der Waals surface area (Å²) in [4.78, 5) is 4.02. The van der Waals surface area contributed by atoms with Gasteiger partial charge in [-0.15, -0.1) is 0 Å². The zero-order valence-electron chi connectivity index (χ0n) is 9.59. The van der Waals surface area contributed by atoms with Crippen LogP contribution in [0.2, 0.25) is 0 Å². The van der Waals surface area contributed by atoms with Crippen LogP contribution in [0.15, 0.2) is 35.3 Å². The third kappa shape index (κ3) is 2.29. The van der Waals surface area contributed by atoms with E-state index >= 15 is 0 Å². The minimum Gasteiger partial charge on any atom is -0.503 e. The normalized spacial score (nSPS) is 12.4. The van der Waals surface area contributed by atoms with Gasteiger partial charge in [0.15, 0.2) is 11.5 Å². The topological polar surface area (TPSA) is 47.3 Å². The lowest BCUT2D eigenvalue weighted by Gasteiger charge is -2.16.